The Balaban J connectivity index is 1.37. The second-order valence-electron chi connectivity index (χ2n) is 6.43. The maximum Gasteiger partial charge on any atom is 0.142 e. The highest BCUT2D eigenvalue weighted by Gasteiger charge is 2.15. The molecule has 0 saturated carbocycles. The fourth-order valence-electron chi connectivity index (χ4n) is 3.66. The van der Waals surface area contributed by atoms with Gasteiger partial charge < -0.3 is 15.0 Å². The van der Waals surface area contributed by atoms with Crippen molar-refractivity contribution >= 4 is 11.4 Å². The number of rotatable bonds is 4. The molecule has 23 heavy (non-hydrogen) atoms. The van der Waals surface area contributed by atoms with Crippen molar-refractivity contribution in [2.75, 3.05) is 36.5 Å². The van der Waals surface area contributed by atoms with E-state index < -0.39 is 0 Å². The van der Waals surface area contributed by atoms with Gasteiger partial charge in [0.15, 0.2) is 0 Å². The quantitative estimate of drug-likeness (QED) is 0.928. The highest BCUT2D eigenvalue weighted by Crippen LogP contribution is 2.29. The Kier molecular flexibility index (Phi) is 4.10. The van der Waals surface area contributed by atoms with Crippen molar-refractivity contribution in [2.24, 2.45) is 0 Å². The van der Waals surface area contributed by atoms with E-state index in [0.29, 0.717) is 0 Å². The maximum absolute atomic E-state index is 5.65. The van der Waals surface area contributed by atoms with Crippen LogP contribution in [-0.2, 0) is 12.8 Å². The van der Waals surface area contributed by atoms with Gasteiger partial charge in [0.25, 0.3) is 0 Å². The minimum Gasteiger partial charge on any atom is -0.490 e. The van der Waals surface area contributed by atoms with Crippen LogP contribution >= 0.6 is 0 Å². The van der Waals surface area contributed by atoms with Gasteiger partial charge in [-0.3, -0.25) is 0 Å². The maximum atomic E-state index is 5.65. The number of aryl methyl sites for hydroxylation is 2. The minimum atomic E-state index is 0.765. The molecule has 120 valence electrons. The van der Waals surface area contributed by atoms with Gasteiger partial charge in [-0.2, -0.15) is 0 Å². The van der Waals surface area contributed by atoms with Gasteiger partial charge in [-0.05, 0) is 55.0 Å². The Morgan fingerprint density at radius 3 is 3.09 bits per heavy atom. The van der Waals surface area contributed by atoms with Gasteiger partial charge in [-0.25, -0.2) is 0 Å². The summed E-state index contributed by atoms with van der Waals surface area (Å²) < 4.78 is 5.65. The molecule has 0 bridgehead atoms. The van der Waals surface area contributed by atoms with E-state index in [2.05, 4.69) is 52.7 Å². The smallest absolute Gasteiger partial charge is 0.142 e. The number of ether oxygens (including phenoxy) is 1. The molecule has 2 aromatic carbocycles. The first-order valence-electron chi connectivity index (χ1n) is 8.72. The van der Waals surface area contributed by atoms with Gasteiger partial charge in [0, 0.05) is 25.3 Å². The first-order valence-corrected chi connectivity index (χ1v) is 8.72. The molecule has 2 aliphatic rings. The Morgan fingerprint density at radius 2 is 2.09 bits per heavy atom. The number of nitrogens with one attached hydrogen (secondary N) is 1. The van der Waals surface area contributed by atoms with Crippen LogP contribution in [0.25, 0.3) is 0 Å². The first kappa shape index (κ1) is 14.4. The molecule has 2 aliphatic heterocycles. The lowest BCUT2D eigenvalue weighted by molar-refractivity contribution is 0.323. The summed E-state index contributed by atoms with van der Waals surface area (Å²) in [7, 11) is 0. The van der Waals surface area contributed by atoms with Gasteiger partial charge in [0.1, 0.15) is 12.4 Å². The summed E-state index contributed by atoms with van der Waals surface area (Å²) in [6, 6.07) is 15.4. The molecule has 0 radical (unpaired) electrons. The SMILES string of the molecule is c1ccc2c(c1)CCCN2CCCc1ccc2c(c1)NCCO2. The summed E-state index contributed by atoms with van der Waals surface area (Å²) >= 11 is 0. The molecule has 0 unspecified atom stereocenters. The van der Waals surface area contributed by atoms with E-state index in [9.17, 15) is 0 Å². The Morgan fingerprint density at radius 1 is 1.13 bits per heavy atom. The van der Waals surface area contributed by atoms with Crippen LogP contribution < -0.4 is 15.0 Å². The number of anilines is 2. The van der Waals surface area contributed by atoms with Crippen LogP contribution in [0.5, 0.6) is 5.75 Å². The Hall–Kier alpha value is -2.16. The van der Waals surface area contributed by atoms with Crippen molar-refractivity contribution in [2.45, 2.75) is 25.7 Å². The molecule has 4 rings (SSSR count). The second kappa shape index (κ2) is 6.53. The summed E-state index contributed by atoms with van der Waals surface area (Å²) in [5.74, 6) is 0.991. The molecule has 0 amide bonds. The number of para-hydroxylation sites is 1. The monoisotopic (exact) mass is 308 g/mol. The topological polar surface area (TPSA) is 24.5 Å². The molecular formula is C20H24N2O. The van der Waals surface area contributed by atoms with Crippen LogP contribution in [0.3, 0.4) is 0 Å². The summed E-state index contributed by atoms with van der Waals surface area (Å²) in [4.78, 5) is 2.55. The average Bonchev–Trinajstić information content (AvgIpc) is 2.62. The molecule has 3 heteroatoms. The molecule has 0 spiro atoms. The molecule has 0 fully saturated rings. The van der Waals surface area contributed by atoms with Crippen molar-refractivity contribution in [1.29, 1.82) is 0 Å². The fourth-order valence-corrected chi connectivity index (χ4v) is 3.66. The highest BCUT2D eigenvalue weighted by molar-refractivity contribution is 5.59. The van der Waals surface area contributed by atoms with Crippen molar-refractivity contribution < 1.29 is 4.74 Å². The number of hydrogen-bond donors (Lipinski definition) is 1. The van der Waals surface area contributed by atoms with E-state index in [1.807, 2.05) is 0 Å². The molecular weight excluding hydrogens is 284 g/mol. The number of nitrogens with zero attached hydrogens (tertiary/aromatic N) is 1. The molecule has 3 nitrogen and oxygen atoms in total. The van der Waals surface area contributed by atoms with Gasteiger partial charge in [-0.15, -0.1) is 0 Å². The third-order valence-corrected chi connectivity index (χ3v) is 4.82. The zero-order valence-corrected chi connectivity index (χ0v) is 13.6. The van der Waals surface area contributed by atoms with Gasteiger partial charge in [-0.1, -0.05) is 24.3 Å². The molecule has 0 aliphatic carbocycles. The van der Waals surface area contributed by atoms with E-state index in [1.54, 1.807) is 0 Å². The van der Waals surface area contributed by atoms with E-state index in [4.69, 9.17) is 4.74 Å². The number of fused-ring (bicyclic) bond motifs is 2. The lowest BCUT2D eigenvalue weighted by Crippen LogP contribution is -2.30. The minimum absolute atomic E-state index is 0.765. The van der Waals surface area contributed by atoms with Gasteiger partial charge >= 0.3 is 0 Å². The highest BCUT2D eigenvalue weighted by atomic mass is 16.5. The van der Waals surface area contributed by atoms with E-state index in [0.717, 1.165) is 37.6 Å². The third-order valence-electron chi connectivity index (χ3n) is 4.82. The largest absolute Gasteiger partial charge is 0.490 e. The molecule has 0 saturated heterocycles. The van der Waals surface area contributed by atoms with Crippen molar-refractivity contribution in [3.8, 4) is 5.75 Å². The predicted octanol–water partition coefficient (Wildman–Crippen LogP) is 3.88. The van der Waals surface area contributed by atoms with Crippen LogP contribution in [-0.4, -0.2) is 26.2 Å². The predicted molar refractivity (Wildman–Crippen MR) is 95.7 cm³/mol. The van der Waals surface area contributed by atoms with Crippen LogP contribution in [0.2, 0.25) is 0 Å². The molecule has 2 heterocycles. The lowest BCUT2D eigenvalue weighted by atomic mass is 10.0. The molecule has 0 atom stereocenters. The number of hydrogen-bond acceptors (Lipinski definition) is 3. The standard InChI is InChI=1S/C20H24N2O/c1-2-8-19-17(6-1)7-4-13-22(19)12-3-5-16-9-10-20-18(15-16)21-11-14-23-20/h1-2,6,8-10,15,21H,3-5,7,11-14H2. The summed E-state index contributed by atoms with van der Waals surface area (Å²) in [5.41, 5.74) is 5.50. The number of benzene rings is 2. The van der Waals surface area contributed by atoms with Crippen molar-refractivity contribution in [1.82, 2.24) is 0 Å². The molecule has 0 aromatic heterocycles. The summed E-state index contributed by atoms with van der Waals surface area (Å²) in [6.07, 6.45) is 4.81. The normalized spacial score (nSPS) is 16.1. The Bertz CT molecular complexity index is 683. The van der Waals surface area contributed by atoms with Crippen molar-refractivity contribution in [3.05, 3.63) is 53.6 Å². The average molecular weight is 308 g/mol. The summed E-state index contributed by atoms with van der Waals surface area (Å²) in [6.45, 7) is 4.00. The van der Waals surface area contributed by atoms with Crippen LogP contribution in [0.15, 0.2) is 42.5 Å². The van der Waals surface area contributed by atoms with Crippen LogP contribution in [0.4, 0.5) is 11.4 Å². The molecule has 2 aromatic rings. The third kappa shape index (κ3) is 3.14. The zero-order valence-electron chi connectivity index (χ0n) is 13.6. The zero-order chi connectivity index (χ0) is 15.5. The van der Waals surface area contributed by atoms with E-state index in [-0.39, 0.29) is 0 Å². The second-order valence-corrected chi connectivity index (χ2v) is 6.43. The van der Waals surface area contributed by atoms with Gasteiger partial charge in [0.2, 0.25) is 0 Å². The Labute approximate surface area is 138 Å². The fraction of sp³-hybridized carbons (Fsp3) is 0.400. The van der Waals surface area contributed by atoms with Crippen LogP contribution in [0, 0.1) is 0 Å². The van der Waals surface area contributed by atoms with E-state index >= 15 is 0 Å². The summed E-state index contributed by atoms with van der Waals surface area (Å²) in [5, 5.41) is 3.42. The van der Waals surface area contributed by atoms with E-state index in [1.165, 1.54) is 42.6 Å². The first-order chi connectivity index (χ1) is 11.4. The molecule has 1 N–H and O–H groups in total. The van der Waals surface area contributed by atoms with Crippen molar-refractivity contribution in [3.63, 3.8) is 0 Å². The lowest BCUT2D eigenvalue weighted by Gasteiger charge is -2.31. The van der Waals surface area contributed by atoms with Crippen LogP contribution in [0.1, 0.15) is 24.0 Å². The van der Waals surface area contributed by atoms with Gasteiger partial charge in [0.05, 0.1) is 5.69 Å².